The largest absolute Gasteiger partial charge is 0.399 e. The third-order valence-electron chi connectivity index (χ3n) is 2.27. The predicted octanol–water partition coefficient (Wildman–Crippen LogP) is 1.76. The number of anilines is 2. The number of benzene rings is 1. The van der Waals surface area contributed by atoms with E-state index in [9.17, 15) is 9.00 Å². The van der Waals surface area contributed by atoms with Gasteiger partial charge >= 0.3 is 0 Å². The molecule has 0 aliphatic heterocycles. The van der Waals surface area contributed by atoms with Gasteiger partial charge in [-0.15, -0.1) is 0 Å². The number of nitrogens with one attached hydrogen (secondary N) is 1. The SMILES string of the molecule is CCS(=O)CCCC(=O)Nc1cccc(N)c1. The summed E-state index contributed by atoms with van der Waals surface area (Å²) in [6, 6.07) is 7.05. The molecule has 0 saturated heterocycles. The summed E-state index contributed by atoms with van der Waals surface area (Å²) in [5.74, 6) is 1.17. The molecule has 0 heterocycles. The Morgan fingerprint density at radius 3 is 2.88 bits per heavy atom. The molecule has 0 saturated carbocycles. The summed E-state index contributed by atoms with van der Waals surface area (Å²) in [6.45, 7) is 1.88. The Balaban J connectivity index is 2.32. The maximum absolute atomic E-state index is 11.5. The molecule has 0 fully saturated rings. The fourth-order valence-electron chi connectivity index (χ4n) is 1.38. The van der Waals surface area contributed by atoms with E-state index in [0.29, 0.717) is 35.7 Å². The van der Waals surface area contributed by atoms with Crippen molar-refractivity contribution < 1.29 is 9.00 Å². The Hall–Kier alpha value is -1.36. The zero-order valence-corrected chi connectivity index (χ0v) is 10.8. The fraction of sp³-hybridized carbons (Fsp3) is 0.417. The zero-order valence-electron chi connectivity index (χ0n) is 9.94. The van der Waals surface area contributed by atoms with Crippen molar-refractivity contribution in [1.29, 1.82) is 0 Å². The Morgan fingerprint density at radius 1 is 1.47 bits per heavy atom. The highest BCUT2D eigenvalue weighted by molar-refractivity contribution is 7.84. The lowest BCUT2D eigenvalue weighted by Gasteiger charge is -2.05. The first-order valence-electron chi connectivity index (χ1n) is 5.62. The summed E-state index contributed by atoms with van der Waals surface area (Å²) in [6.07, 6.45) is 1.04. The molecule has 1 atom stereocenters. The first kappa shape index (κ1) is 13.7. The van der Waals surface area contributed by atoms with E-state index >= 15 is 0 Å². The minimum atomic E-state index is -0.794. The number of nitrogen functional groups attached to an aromatic ring is 1. The van der Waals surface area contributed by atoms with Crippen LogP contribution in [0.2, 0.25) is 0 Å². The van der Waals surface area contributed by atoms with Gasteiger partial charge in [-0.3, -0.25) is 9.00 Å². The van der Waals surface area contributed by atoms with Gasteiger partial charge in [0.05, 0.1) is 0 Å². The smallest absolute Gasteiger partial charge is 0.224 e. The molecule has 1 rings (SSSR count). The molecule has 0 aliphatic carbocycles. The molecule has 0 aromatic heterocycles. The lowest BCUT2D eigenvalue weighted by atomic mass is 10.2. The van der Waals surface area contributed by atoms with Crippen molar-refractivity contribution in [3.05, 3.63) is 24.3 Å². The van der Waals surface area contributed by atoms with Crippen LogP contribution in [0.15, 0.2) is 24.3 Å². The van der Waals surface area contributed by atoms with Crippen LogP contribution >= 0.6 is 0 Å². The molecule has 5 heteroatoms. The van der Waals surface area contributed by atoms with E-state index in [2.05, 4.69) is 5.32 Å². The molecule has 4 nitrogen and oxygen atoms in total. The van der Waals surface area contributed by atoms with Crippen molar-refractivity contribution in [2.24, 2.45) is 0 Å². The van der Waals surface area contributed by atoms with Gasteiger partial charge in [0.15, 0.2) is 0 Å². The van der Waals surface area contributed by atoms with E-state index < -0.39 is 10.8 Å². The van der Waals surface area contributed by atoms with Crippen LogP contribution in [-0.2, 0) is 15.6 Å². The van der Waals surface area contributed by atoms with Crippen LogP contribution in [-0.4, -0.2) is 21.6 Å². The second-order valence-corrected chi connectivity index (χ2v) is 5.58. The minimum absolute atomic E-state index is 0.0660. The summed E-state index contributed by atoms with van der Waals surface area (Å²) in [4.78, 5) is 11.5. The van der Waals surface area contributed by atoms with Gasteiger partial charge in [-0.05, 0) is 24.6 Å². The molecule has 94 valence electrons. The van der Waals surface area contributed by atoms with E-state index in [1.165, 1.54) is 0 Å². The number of rotatable bonds is 6. The summed E-state index contributed by atoms with van der Waals surface area (Å²) >= 11 is 0. The van der Waals surface area contributed by atoms with E-state index in [4.69, 9.17) is 5.73 Å². The average Bonchev–Trinajstić information content (AvgIpc) is 2.28. The Labute approximate surface area is 104 Å². The molecule has 1 unspecified atom stereocenters. The lowest BCUT2D eigenvalue weighted by molar-refractivity contribution is -0.116. The Morgan fingerprint density at radius 2 is 2.24 bits per heavy atom. The number of amides is 1. The van der Waals surface area contributed by atoms with Crippen LogP contribution < -0.4 is 11.1 Å². The van der Waals surface area contributed by atoms with E-state index in [1.807, 2.05) is 6.92 Å². The molecule has 17 heavy (non-hydrogen) atoms. The van der Waals surface area contributed by atoms with Gasteiger partial charge in [-0.2, -0.15) is 0 Å². The molecule has 3 N–H and O–H groups in total. The Kier molecular flexibility index (Phi) is 5.69. The normalized spacial score (nSPS) is 12.1. The van der Waals surface area contributed by atoms with Gasteiger partial charge in [-0.1, -0.05) is 13.0 Å². The highest BCUT2D eigenvalue weighted by Crippen LogP contribution is 2.12. The second-order valence-electron chi connectivity index (χ2n) is 3.71. The van der Waals surface area contributed by atoms with Crippen molar-refractivity contribution in [2.45, 2.75) is 19.8 Å². The van der Waals surface area contributed by atoms with Gasteiger partial charge < -0.3 is 11.1 Å². The van der Waals surface area contributed by atoms with Gasteiger partial charge in [0.1, 0.15) is 0 Å². The maximum Gasteiger partial charge on any atom is 0.224 e. The molecule has 0 aliphatic rings. The molecule has 0 radical (unpaired) electrons. The van der Waals surface area contributed by atoms with Crippen LogP contribution in [0.3, 0.4) is 0 Å². The molecule has 0 bridgehead atoms. The highest BCUT2D eigenvalue weighted by Gasteiger charge is 2.04. The van der Waals surface area contributed by atoms with Crippen molar-refractivity contribution in [3.63, 3.8) is 0 Å². The second kappa shape index (κ2) is 7.06. The van der Waals surface area contributed by atoms with Crippen LogP contribution in [0.4, 0.5) is 11.4 Å². The molecular weight excluding hydrogens is 236 g/mol. The van der Waals surface area contributed by atoms with Crippen LogP contribution in [0.5, 0.6) is 0 Å². The number of nitrogens with two attached hydrogens (primary N) is 1. The molecular formula is C12H18N2O2S. The minimum Gasteiger partial charge on any atom is -0.399 e. The lowest BCUT2D eigenvalue weighted by Crippen LogP contribution is -2.13. The van der Waals surface area contributed by atoms with E-state index in [-0.39, 0.29) is 5.91 Å². The summed E-state index contributed by atoms with van der Waals surface area (Å²) < 4.78 is 11.2. The number of carbonyl (C=O) groups is 1. The van der Waals surface area contributed by atoms with Gasteiger partial charge in [0.25, 0.3) is 0 Å². The maximum atomic E-state index is 11.5. The standard InChI is InChI=1S/C12H18N2O2S/c1-2-17(16)8-4-7-12(15)14-11-6-3-5-10(13)9-11/h3,5-6,9H,2,4,7-8,13H2,1H3,(H,14,15). The highest BCUT2D eigenvalue weighted by atomic mass is 32.2. The van der Waals surface area contributed by atoms with Gasteiger partial charge in [0.2, 0.25) is 5.91 Å². The van der Waals surface area contributed by atoms with Crippen LogP contribution in [0.1, 0.15) is 19.8 Å². The van der Waals surface area contributed by atoms with Crippen molar-refractivity contribution in [3.8, 4) is 0 Å². The fourth-order valence-corrected chi connectivity index (χ4v) is 2.13. The summed E-state index contributed by atoms with van der Waals surface area (Å²) in [5.41, 5.74) is 6.92. The molecule has 1 amide bonds. The predicted molar refractivity (Wildman–Crippen MR) is 72.3 cm³/mol. The van der Waals surface area contributed by atoms with E-state index in [0.717, 1.165) is 0 Å². The van der Waals surface area contributed by atoms with Crippen molar-refractivity contribution in [2.75, 3.05) is 22.6 Å². The number of carbonyl (C=O) groups excluding carboxylic acids is 1. The number of hydrogen-bond donors (Lipinski definition) is 2. The van der Waals surface area contributed by atoms with Crippen molar-refractivity contribution >= 4 is 28.1 Å². The third-order valence-corrected chi connectivity index (χ3v) is 3.66. The summed E-state index contributed by atoms with van der Waals surface area (Å²) in [7, 11) is -0.794. The van der Waals surface area contributed by atoms with Gasteiger partial charge in [-0.25, -0.2) is 0 Å². The Bertz CT molecular complexity index is 407. The van der Waals surface area contributed by atoms with E-state index in [1.54, 1.807) is 24.3 Å². The number of hydrogen-bond acceptors (Lipinski definition) is 3. The monoisotopic (exact) mass is 254 g/mol. The zero-order chi connectivity index (χ0) is 12.7. The first-order valence-corrected chi connectivity index (χ1v) is 7.11. The molecule has 1 aromatic rings. The average molecular weight is 254 g/mol. The van der Waals surface area contributed by atoms with Crippen LogP contribution in [0, 0.1) is 0 Å². The topological polar surface area (TPSA) is 72.2 Å². The third kappa shape index (κ3) is 5.49. The van der Waals surface area contributed by atoms with Gasteiger partial charge in [0, 0.05) is 40.1 Å². The van der Waals surface area contributed by atoms with Crippen molar-refractivity contribution in [1.82, 2.24) is 0 Å². The summed E-state index contributed by atoms with van der Waals surface area (Å²) in [5, 5.41) is 2.76. The van der Waals surface area contributed by atoms with Crippen LogP contribution in [0.25, 0.3) is 0 Å². The first-order chi connectivity index (χ1) is 8.11. The molecule has 0 spiro atoms. The quantitative estimate of drug-likeness (QED) is 0.760. The molecule has 1 aromatic carbocycles.